The molecule has 1 aliphatic rings. The molecule has 0 saturated heterocycles. The van der Waals surface area contributed by atoms with Gasteiger partial charge < -0.3 is 26.0 Å². The second-order valence-electron chi connectivity index (χ2n) is 8.67. The molecule has 3 rings (SSSR count). The van der Waals surface area contributed by atoms with Gasteiger partial charge in [0, 0.05) is 24.7 Å². The van der Waals surface area contributed by atoms with Crippen LogP contribution in [0.4, 0.5) is 0 Å². The Morgan fingerprint density at radius 1 is 1.16 bits per heavy atom. The van der Waals surface area contributed by atoms with Gasteiger partial charge in [0.25, 0.3) is 0 Å². The molecule has 1 fully saturated rings. The van der Waals surface area contributed by atoms with Crippen LogP contribution >= 0.6 is 0 Å². The molecule has 5 N–H and O–H groups in total. The van der Waals surface area contributed by atoms with Crippen molar-refractivity contribution in [2.24, 2.45) is 5.92 Å². The van der Waals surface area contributed by atoms with Crippen molar-refractivity contribution in [2.45, 2.75) is 57.8 Å². The molecule has 1 amide bonds. The van der Waals surface area contributed by atoms with Gasteiger partial charge in [0.2, 0.25) is 5.91 Å². The monoisotopic (exact) mass is 426 g/mol. The van der Waals surface area contributed by atoms with Crippen LogP contribution < -0.4 is 10.6 Å². The number of hydrogen-bond donors (Lipinski definition) is 5. The van der Waals surface area contributed by atoms with E-state index in [0.29, 0.717) is 30.0 Å². The normalized spacial score (nSPS) is 15.8. The number of carbonyl (C=O) groups excluding carboxylic acids is 1. The highest BCUT2D eigenvalue weighted by molar-refractivity contribution is 5.78. The third kappa shape index (κ3) is 7.06. The van der Waals surface area contributed by atoms with Crippen LogP contribution in [-0.2, 0) is 24.2 Å². The van der Waals surface area contributed by atoms with Crippen molar-refractivity contribution < 1.29 is 20.1 Å². The number of rotatable bonds is 11. The van der Waals surface area contributed by atoms with E-state index in [4.69, 9.17) is 0 Å². The van der Waals surface area contributed by atoms with Gasteiger partial charge in [-0.05, 0) is 60.9 Å². The number of nitrogens with one attached hydrogen (secondary N) is 2. The van der Waals surface area contributed by atoms with Crippen molar-refractivity contribution in [2.75, 3.05) is 13.1 Å². The molecule has 168 valence electrons. The first-order chi connectivity index (χ1) is 14.9. The minimum absolute atomic E-state index is 0.0244. The van der Waals surface area contributed by atoms with E-state index in [1.54, 1.807) is 12.1 Å². The van der Waals surface area contributed by atoms with E-state index >= 15 is 0 Å². The zero-order valence-corrected chi connectivity index (χ0v) is 18.2. The Kier molecular flexibility index (Phi) is 8.46. The molecule has 1 aliphatic carbocycles. The van der Waals surface area contributed by atoms with E-state index in [1.807, 2.05) is 12.1 Å². The van der Waals surface area contributed by atoms with Gasteiger partial charge in [0.05, 0.1) is 19.1 Å². The van der Waals surface area contributed by atoms with Crippen LogP contribution in [0.3, 0.4) is 0 Å². The number of aliphatic hydroxyl groups is 2. The SMILES string of the molecule is C[C@H](Cc1cccc(CC(=O)NCC2CCC2)c1)NC[C@@H](O)c1ccc(O)c(CO)c1. The minimum Gasteiger partial charge on any atom is -0.508 e. The Labute approximate surface area is 184 Å². The van der Waals surface area contributed by atoms with Crippen LogP contribution in [0.5, 0.6) is 5.75 Å². The zero-order valence-electron chi connectivity index (χ0n) is 18.2. The summed E-state index contributed by atoms with van der Waals surface area (Å²) >= 11 is 0. The van der Waals surface area contributed by atoms with Gasteiger partial charge in [-0.25, -0.2) is 0 Å². The van der Waals surface area contributed by atoms with Crippen LogP contribution in [0.25, 0.3) is 0 Å². The molecule has 0 aromatic heterocycles. The average Bonchev–Trinajstić information content (AvgIpc) is 2.71. The van der Waals surface area contributed by atoms with E-state index < -0.39 is 6.10 Å². The van der Waals surface area contributed by atoms with Crippen LogP contribution in [-0.4, -0.2) is 40.4 Å². The highest BCUT2D eigenvalue weighted by Crippen LogP contribution is 2.25. The summed E-state index contributed by atoms with van der Waals surface area (Å²) in [5.74, 6) is 0.764. The number of hydrogen-bond acceptors (Lipinski definition) is 5. The number of amides is 1. The van der Waals surface area contributed by atoms with Gasteiger partial charge in [-0.15, -0.1) is 0 Å². The van der Waals surface area contributed by atoms with Crippen LogP contribution in [0.2, 0.25) is 0 Å². The first-order valence-corrected chi connectivity index (χ1v) is 11.1. The fraction of sp³-hybridized carbons (Fsp3) is 0.480. The van der Waals surface area contributed by atoms with Crippen molar-refractivity contribution in [1.82, 2.24) is 10.6 Å². The maximum absolute atomic E-state index is 12.2. The lowest BCUT2D eigenvalue weighted by Crippen LogP contribution is -2.33. The van der Waals surface area contributed by atoms with Crippen molar-refractivity contribution in [3.05, 3.63) is 64.7 Å². The van der Waals surface area contributed by atoms with Crippen molar-refractivity contribution in [1.29, 1.82) is 0 Å². The summed E-state index contributed by atoms with van der Waals surface area (Å²) in [5, 5.41) is 35.7. The number of aliphatic hydroxyl groups excluding tert-OH is 2. The zero-order chi connectivity index (χ0) is 22.2. The number of benzene rings is 2. The van der Waals surface area contributed by atoms with E-state index in [2.05, 4.69) is 29.7 Å². The molecule has 1 saturated carbocycles. The molecular weight excluding hydrogens is 392 g/mol. The Morgan fingerprint density at radius 2 is 1.94 bits per heavy atom. The predicted octanol–water partition coefficient (Wildman–Crippen LogP) is 2.60. The maximum atomic E-state index is 12.2. The fourth-order valence-corrected chi connectivity index (χ4v) is 3.87. The lowest BCUT2D eigenvalue weighted by atomic mass is 9.85. The predicted molar refractivity (Wildman–Crippen MR) is 121 cm³/mol. The maximum Gasteiger partial charge on any atom is 0.224 e. The summed E-state index contributed by atoms with van der Waals surface area (Å²) in [6, 6.07) is 13.0. The molecule has 2 aromatic rings. The lowest BCUT2D eigenvalue weighted by molar-refractivity contribution is -0.120. The second-order valence-corrected chi connectivity index (χ2v) is 8.67. The third-order valence-corrected chi connectivity index (χ3v) is 6.03. The molecule has 0 radical (unpaired) electrons. The quantitative estimate of drug-likeness (QED) is 0.380. The summed E-state index contributed by atoms with van der Waals surface area (Å²) in [4.78, 5) is 12.2. The topological polar surface area (TPSA) is 102 Å². The Morgan fingerprint density at radius 3 is 2.65 bits per heavy atom. The van der Waals surface area contributed by atoms with Crippen molar-refractivity contribution in [3.8, 4) is 5.75 Å². The van der Waals surface area contributed by atoms with E-state index in [0.717, 1.165) is 24.1 Å². The Hall–Kier alpha value is -2.41. The standard InChI is InChI=1S/C25H34N2O4/c1-17(26-15-24(30)21-8-9-23(29)22(13-21)16-28)10-19-6-3-7-20(11-19)12-25(31)27-14-18-4-2-5-18/h3,6-9,11,13,17-18,24,26,28-30H,2,4-5,10,12,14-16H2,1H3,(H,27,31)/t17-,24-/m1/s1. The summed E-state index contributed by atoms with van der Waals surface area (Å²) in [6.07, 6.45) is 4.18. The van der Waals surface area contributed by atoms with E-state index in [9.17, 15) is 20.1 Å². The Balaban J connectivity index is 1.45. The van der Waals surface area contributed by atoms with Gasteiger partial charge in [-0.2, -0.15) is 0 Å². The molecule has 2 atom stereocenters. The first kappa shape index (κ1) is 23.3. The molecule has 31 heavy (non-hydrogen) atoms. The highest BCUT2D eigenvalue weighted by atomic mass is 16.3. The highest BCUT2D eigenvalue weighted by Gasteiger charge is 2.18. The molecule has 0 heterocycles. The number of aromatic hydroxyl groups is 1. The van der Waals surface area contributed by atoms with Crippen LogP contribution in [0, 0.1) is 5.92 Å². The first-order valence-electron chi connectivity index (χ1n) is 11.1. The second kappa shape index (κ2) is 11.3. The van der Waals surface area contributed by atoms with Crippen molar-refractivity contribution in [3.63, 3.8) is 0 Å². The van der Waals surface area contributed by atoms with Crippen LogP contribution in [0.1, 0.15) is 54.5 Å². The molecule has 6 nitrogen and oxygen atoms in total. The molecule has 0 aliphatic heterocycles. The molecule has 0 unspecified atom stereocenters. The van der Waals surface area contributed by atoms with Gasteiger partial charge in [0.15, 0.2) is 0 Å². The van der Waals surface area contributed by atoms with Gasteiger partial charge >= 0.3 is 0 Å². The number of carbonyl (C=O) groups is 1. The number of phenols is 1. The van der Waals surface area contributed by atoms with Gasteiger partial charge in [-0.1, -0.05) is 36.8 Å². The summed E-state index contributed by atoms with van der Waals surface area (Å²) in [5.41, 5.74) is 3.21. The molecule has 0 bridgehead atoms. The van der Waals surface area contributed by atoms with Crippen LogP contribution in [0.15, 0.2) is 42.5 Å². The molecule has 6 heteroatoms. The van der Waals surface area contributed by atoms with Gasteiger partial charge in [0.1, 0.15) is 5.75 Å². The fourth-order valence-electron chi connectivity index (χ4n) is 3.87. The molecule has 2 aromatic carbocycles. The van der Waals surface area contributed by atoms with Gasteiger partial charge in [-0.3, -0.25) is 4.79 Å². The van der Waals surface area contributed by atoms with E-state index in [-0.39, 0.29) is 24.3 Å². The third-order valence-electron chi connectivity index (χ3n) is 6.03. The smallest absolute Gasteiger partial charge is 0.224 e. The molecule has 0 spiro atoms. The summed E-state index contributed by atoms with van der Waals surface area (Å²) in [6.45, 7) is 2.94. The van der Waals surface area contributed by atoms with Crippen molar-refractivity contribution >= 4 is 5.91 Å². The average molecular weight is 427 g/mol. The molecular formula is C25H34N2O4. The van der Waals surface area contributed by atoms with E-state index in [1.165, 1.54) is 25.3 Å². The summed E-state index contributed by atoms with van der Waals surface area (Å²) < 4.78 is 0. The largest absolute Gasteiger partial charge is 0.508 e. The summed E-state index contributed by atoms with van der Waals surface area (Å²) in [7, 11) is 0. The minimum atomic E-state index is -0.737. The lowest BCUT2D eigenvalue weighted by Gasteiger charge is -2.25. The Bertz CT molecular complexity index is 866.